The zero-order valence-electron chi connectivity index (χ0n) is 15.0. The third-order valence-corrected chi connectivity index (χ3v) is 4.14. The number of nitrogens with one attached hydrogen (secondary N) is 1. The summed E-state index contributed by atoms with van der Waals surface area (Å²) in [5.41, 5.74) is 1.79. The fourth-order valence-corrected chi connectivity index (χ4v) is 2.77. The number of carbonyl (C=O) groups excluding carboxylic acids is 2. The van der Waals surface area contributed by atoms with Gasteiger partial charge in [0.2, 0.25) is 0 Å². The maximum absolute atomic E-state index is 12.5. The van der Waals surface area contributed by atoms with Gasteiger partial charge in [0.1, 0.15) is 23.9 Å². The lowest BCUT2D eigenvalue weighted by Gasteiger charge is -2.04. The number of anilines is 1. The second-order valence-corrected chi connectivity index (χ2v) is 5.98. The summed E-state index contributed by atoms with van der Waals surface area (Å²) < 4.78 is 6.43. The molecule has 7 heteroatoms. The molecule has 2 aromatic carbocycles. The molecular formula is C21H17N3O4. The topological polar surface area (TPSA) is 104 Å². The Morgan fingerprint density at radius 1 is 1.21 bits per heavy atom. The Morgan fingerprint density at radius 2 is 1.93 bits per heavy atom. The fraction of sp³-hybridized carbons (Fsp3) is 0.0952. The average molecular weight is 375 g/mol. The van der Waals surface area contributed by atoms with Crippen molar-refractivity contribution < 1.29 is 19.4 Å². The minimum absolute atomic E-state index is 0.0203. The summed E-state index contributed by atoms with van der Waals surface area (Å²) in [6.07, 6.45) is 3.18. The first-order valence-electron chi connectivity index (χ1n) is 8.38. The van der Waals surface area contributed by atoms with Crippen molar-refractivity contribution in [2.75, 3.05) is 12.4 Å². The van der Waals surface area contributed by atoms with Crippen molar-refractivity contribution in [1.29, 1.82) is 5.26 Å². The number of nitriles is 1. The summed E-state index contributed by atoms with van der Waals surface area (Å²) in [5.74, 6) is -0.896. The van der Waals surface area contributed by atoms with Gasteiger partial charge < -0.3 is 19.7 Å². The summed E-state index contributed by atoms with van der Waals surface area (Å²) in [6, 6.07) is 15.2. The molecule has 0 radical (unpaired) electrons. The summed E-state index contributed by atoms with van der Waals surface area (Å²) in [4.78, 5) is 24.1. The minimum Gasteiger partial charge on any atom is -0.508 e. The molecule has 0 saturated heterocycles. The number of rotatable bonds is 5. The minimum atomic E-state index is -0.571. The van der Waals surface area contributed by atoms with E-state index in [2.05, 4.69) is 5.32 Å². The van der Waals surface area contributed by atoms with Crippen LogP contribution in [0, 0.1) is 11.3 Å². The molecule has 1 aromatic heterocycles. The Morgan fingerprint density at radius 3 is 2.61 bits per heavy atom. The van der Waals surface area contributed by atoms with Crippen LogP contribution in [0.4, 0.5) is 5.69 Å². The highest BCUT2D eigenvalue weighted by atomic mass is 16.5. The summed E-state index contributed by atoms with van der Waals surface area (Å²) >= 11 is 0. The Balaban J connectivity index is 1.94. The molecule has 1 heterocycles. The number of methoxy groups -OCH3 is 1. The number of ether oxygens (including phenoxy) is 1. The van der Waals surface area contributed by atoms with Crippen LogP contribution in [0.25, 0.3) is 17.0 Å². The number of aromatic hydroxyl groups is 1. The van der Waals surface area contributed by atoms with E-state index in [1.54, 1.807) is 10.8 Å². The zero-order valence-corrected chi connectivity index (χ0v) is 15.0. The SMILES string of the molecule is COC(=O)Cn1cc(/C=C(/C#N)C(=O)Nc2ccc(O)cc2)c2ccccc21. The number of esters is 1. The molecule has 0 fully saturated rings. The third-order valence-electron chi connectivity index (χ3n) is 4.14. The van der Waals surface area contributed by atoms with Crippen LogP contribution in [-0.2, 0) is 20.9 Å². The van der Waals surface area contributed by atoms with Crippen LogP contribution < -0.4 is 5.32 Å². The number of para-hydroxylation sites is 1. The second-order valence-electron chi connectivity index (χ2n) is 5.98. The van der Waals surface area contributed by atoms with Crippen LogP contribution in [-0.4, -0.2) is 28.7 Å². The molecule has 3 rings (SSSR count). The molecule has 0 aliphatic carbocycles. The lowest BCUT2D eigenvalue weighted by molar-refractivity contribution is -0.141. The first-order valence-corrected chi connectivity index (χ1v) is 8.38. The molecule has 1 amide bonds. The van der Waals surface area contributed by atoms with E-state index in [4.69, 9.17) is 4.74 Å². The quantitative estimate of drug-likeness (QED) is 0.309. The van der Waals surface area contributed by atoms with Crippen LogP contribution in [0.3, 0.4) is 0 Å². The summed E-state index contributed by atoms with van der Waals surface area (Å²) in [5, 5.41) is 22.2. The number of amides is 1. The molecule has 0 bridgehead atoms. The van der Waals surface area contributed by atoms with Crippen LogP contribution in [0.2, 0.25) is 0 Å². The van der Waals surface area contributed by atoms with E-state index in [1.807, 2.05) is 30.3 Å². The summed E-state index contributed by atoms with van der Waals surface area (Å²) in [7, 11) is 1.32. The maximum Gasteiger partial charge on any atom is 0.325 e. The van der Waals surface area contributed by atoms with Gasteiger partial charge in [-0.1, -0.05) is 18.2 Å². The molecule has 28 heavy (non-hydrogen) atoms. The van der Waals surface area contributed by atoms with Gasteiger partial charge in [0.05, 0.1) is 7.11 Å². The van der Waals surface area contributed by atoms with E-state index in [0.717, 1.165) is 10.9 Å². The van der Waals surface area contributed by atoms with E-state index < -0.39 is 11.9 Å². The van der Waals surface area contributed by atoms with Crippen molar-refractivity contribution in [1.82, 2.24) is 4.57 Å². The van der Waals surface area contributed by atoms with Gasteiger partial charge in [-0.2, -0.15) is 5.26 Å². The number of nitrogens with zero attached hydrogens (tertiary/aromatic N) is 2. The van der Waals surface area contributed by atoms with Crippen molar-refractivity contribution in [3.8, 4) is 11.8 Å². The number of hydrogen-bond donors (Lipinski definition) is 2. The number of phenols is 1. The van der Waals surface area contributed by atoms with Crippen LogP contribution >= 0.6 is 0 Å². The van der Waals surface area contributed by atoms with Crippen molar-refractivity contribution in [2.45, 2.75) is 6.54 Å². The molecule has 0 unspecified atom stereocenters. The fourth-order valence-electron chi connectivity index (χ4n) is 2.77. The van der Waals surface area contributed by atoms with E-state index in [9.17, 15) is 20.0 Å². The normalized spacial score (nSPS) is 11.1. The van der Waals surface area contributed by atoms with E-state index in [-0.39, 0.29) is 17.9 Å². The Kier molecular flexibility index (Phi) is 5.42. The van der Waals surface area contributed by atoms with Crippen LogP contribution in [0.15, 0.2) is 60.3 Å². The zero-order chi connectivity index (χ0) is 20.1. The van der Waals surface area contributed by atoms with Crippen molar-refractivity contribution in [2.24, 2.45) is 0 Å². The number of phenolic OH excluding ortho intramolecular Hbond substituents is 1. The number of fused-ring (bicyclic) bond motifs is 1. The van der Waals surface area contributed by atoms with E-state index >= 15 is 0 Å². The van der Waals surface area contributed by atoms with Crippen molar-refractivity contribution in [3.63, 3.8) is 0 Å². The van der Waals surface area contributed by atoms with Gasteiger partial charge in [-0.25, -0.2) is 0 Å². The number of aromatic nitrogens is 1. The molecule has 2 N–H and O–H groups in total. The van der Waals surface area contributed by atoms with Crippen molar-refractivity contribution in [3.05, 3.63) is 65.9 Å². The largest absolute Gasteiger partial charge is 0.508 e. The van der Waals surface area contributed by atoms with E-state index in [0.29, 0.717) is 11.3 Å². The van der Waals surface area contributed by atoms with Crippen molar-refractivity contribution >= 4 is 34.5 Å². The molecule has 0 aliphatic heterocycles. The van der Waals surface area contributed by atoms with Gasteiger partial charge in [0, 0.05) is 28.4 Å². The monoisotopic (exact) mass is 375 g/mol. The molecule has 0 saturated carbocycles. The lowest BCUT2D eigenvalue weighted by Crippen LogP contribution is -2.13. The highest BCUT2D eigenvalue weighted by Crippen LogP contribution is 2.24. The molecule has 0 atom stereocenters. The molecule has 0 spiro atoms. The predicted octanol–water partition coefficient (Wildman–Crippen LogP) is 3.07. The highest BCUT2D eigenvalue weighted by molar-refractivity contribution is 6.10. The van der Waals surface area contributed by atoms with Gasteiger partial charge in [-0.3, -0.25) is 9.59 Å². The maximum atomic E-state index is 12.5. The Bertz CT molecular complexity index is 1100. The average Bonchev–Trinajstić information content (AvgIpc) is 3.05. The van der Waals surface area contributed by atoms with Gasteiger partial charge in [0.25, 0.3) is 5.91 Å². The van der Waals surface area contributed by atoms with Gasteiger partial charge in [0.15, 0.2) is 0 Å². The highest BCUT2D eigenvalue weighted by Gasteiger charge is 2.14. The molecule has 7 nitrogen and oxygen atoms in total. The molecule has 3 aromatic rings. The third kappa shape index (κ3) is 4.02. The summed E-state index contributed by atoms with van der Waals surface area (Å²) in [6.45, 7) is 0.0203. The molecule has 140 valence electrons. The van der Waals surface area contributed by atoms with Gasteiger partial charge in [-0.15, -0.1) is 0 Å². The predicted molar refractivity (Wildman–Crippen MR) is 104 cm³/mol. The lowest BCUT2D eigenvalue weighted by atomic mass is 10.1. The number of benzene rings is 2. The standard InChI is InChI=1S/C21H17N3O4/c1-28-20(26)13-24-12-15(18-4-2-3-5-19(18)24)10-14(11-22)21(27)23-16-6-8-17(25)9-7-16/h2-10,12,25H,13H2,1H3,(H,23,27)/b14-10-. The number of carbonyl (C=O) groups is 2. The molecule has 0 aliphatic rings. The number of hydrogen-bond acceptors (Lipinski definition) is 5. The smallest absolute Gasteiger partial charge is 0.325 e. The first-order chi connectivity index (χ1) is 13.5. The van der Waals surface area contributed by atoms with Crippen LogP contribution in [0.5, 0.6) is 5.75 Å². The van der Waals surface area contributed by atoms with E-state index in [1.165, 1.54) is 37.5 Å². The Hall–Kier alpha value is -4.05. The second kappa shape index (κ2) is 8.10. The molecular weight excluding hydrogens is 358 g/mol. The Labute approximate surface area is 161 Å². The van der Waals surface area contributed by atoms with Crippen LogP contribution in [0.1, 0.15) is 5.56 Å². The van der Waals surface area contributed by atoms with Gasteiger partial charge in [-0.05, 0) is 36.4 Å². The van der Waals surface area contributed by atoms with Gasteiger partial charge >= 0.3 is 5.97 Å². The first kappa shape index (κ1) is 18.7.